The average molecular weight is 400 g/mol. The van der Waals surface area contributed by atoms with E-state index in [1.165, 1.54) is 30.3 Å². The maximum Gasteiger partial charge on any atom is 0.291 e. The molecule has 2 aromatic rings. The number of carbonyl (C=O) groups excluding carboxylic acids is 1. The van der Waals surface area contributed by atoms with Gasteiger partial charge < -0.3 is 10.2 Å². The van der Waals surface area contributed by atoms with Crippen molar-refractivity contribution >= 4 is 29.2 Å². The van der Waals surface area contributed by atoms with Crippen molar-refractivity contribution in [1.82, 2.24) is 15.3 Å². The van der Waals surface area contributed by atoms with Crippen LogP contribution in [0.15, 0.2) is 30.6 Å². The van der Waals surface area contributed by atoms with Gasteiger partial charge in [0, 0.05) is 37.5 Å². The highest BCUT2D eigenvalue weighted by atomic mass is 35.5. The molecule has 0 spiro atoms. The Morgan fingerprint density at radius 3 is 2.89 bits per heavy atom. The molecule has 1 amide bonds. The predicted octanol–water partition coefficient (Wildman–Crippen LogP) is 3.55. The van der Waals surface area contributed by atoms with Crippen LogP contribution in [0, 0.1) is 5.92 Å². The van der Waals surface area contributed by atoms with Crippen LogP contribution in [-0.4, -0.2) is 35.5 Å². The van der Waals surface area contributed by atoms with Gasteiger partial charge in [0.1, 0.15) is 17.8 Å². The molecule has 1 N–H and O–H groups in total. The third-order valence-corrected chi connectivity index (χ3v) is 5.69. The fourth-order valence-electron chi connectivity index (χ4n) is 3.63. The number of hydrogen-bond donors (Lipinski definition) is 1. The molecular formula is C21H26ClN5O. The number of aromatic nitrogens is 2. The van der Waals surface area contributed by atoms with Crippen LogP contribution in [0.3, 0.4) is 0 Å². The van der Waals surface area contributed by atoms with E-state index in [1.54, 1.807) is 6.07 Å². The van der Waals surface area contributed by atoms with Crippen molar-refractivity contribution in [2.24, 2.45) is 5.92 Å². The quantitative estimate of drug-likeness (QED) is 0.721. The summed E-state index contributed by atoms with van der Waals surface area (Å²) in [7, 11) is 0. The van der Waals surface area contributed by atoms with Crippen molar-refractivity contribution in [2.75, 3.05) is 29.0 Å². The summed E-state index contributed by atoms with van der Waals surface area (Å²) in [6, 6.07) is 7.69. The highest BCUT2D eigenvalue weighted by molar-refractivity contribution is 6.39. The Bertz CT molecular complexity index is 854. The molecule has 1 aromatic heterocycles. The largest absolute Gasteiger partial charge is 0.356 e. The molecule has 0 radical (unpaired) electrons. The first-order valence-electron chi connectivity index (χ1n) is 10.1. The standard InChI is InChI=1S/C21H26ClN5O/c1-2-9-26(13-15-3-4-15)20-11-19(24-14-25-20)21(28)27(22)18-6-5-16-7-8-23-12-17(16)10-18/h5-6,10-11,14-15,23H,2-4,7-9,12-13H2,1H3. The number of hydrogen-bond acceptors (Lipinski definition) is 5. The van der Waals surface area contributed by atoms with Crippen LogP contribution in [0.2, 0.25) is 0 Å². The van der Waals surface area contributed by atoms with Crippen LogP contribution in [0.4, 0.5) is 11.5 Å². The summed E-state index contributed by atoms with van der Waals surface area (Å²) in [6.45, 7) is 5.84. The summed E-state index contributed by atoms with van der Waals surface area (Å²) in [5.74, 6) is 1.21. The Kier molecular flexibility index (Phi) is 5.78. The minimum atomic E-state index is -0.336. The van der Waals surface area contributed by atoms with Gasteiger partial charge in [-0.1, -0.05) is 13.0 Å². The lowest BCUT2D eigenvalue weighted by atomic mass is 10.0. The van der Waals surface area contributed by atoms with Crippen molar-refractivity contribution in [3.63, 3.8) is 0 Å². The van der Waals surface area contributed by atoms with E-state index >= 15 is 0 Å². The normalized spacial score (nSPS) is 15.8. The molecule has 0 bridgehead atoms. The zero-order valence-corrected chi connectivity index (χ0v) is 17.0. The number of nitrogens with zero attached hydrogens (tertiary/aromatic N) is 4. The summed E-state index contributed by atoms with van der Waals surface area (Å²) in [5.41, 5.74) is 3.47. The fraction of sp³-hybridized carbons (Fsp3) is 0.476. The monoisotopic (exact) mass is 399 g/mol. The minimum Gasteiger partial charge on any atom is -0.356 e. The van der Waals surface area contributed by atoms with Crippen molar-refractivity contribution < 1.29 is 4.79 Å². The lowest BCUT2D eigenvalue weighted by Crippen LogP contribution is -2.29. The van der Waals surface area contributed by atoms with Crippen molar-refractivity contribution in [3.8, 4) is 0 Å². The van der Waals surface area contributed by atoms with Crippen LogP contribution in [0.5, 0.6) is 0 Å². The Labute approximate surface area is 171 Å². The van der Waals surface area contributed by atoms with Crippen LogP contribution < -0.4 is 14.6 Å². The molecule has 2 aliphatic rings. The van der Waals surface area contributed by atoms with E-state index < -0.39 is 0 Å². The van der Waals surface area contributed by atoms with Gasteiger partial charge in [0.25, 0.3) is 5.91 Å². The Morgan fingerprint density at radius 2 is 2.11 bits per heavy atom. The molecule has 1 fully saturated rings. The Balaban J connectivity index is 1.53. The number of carbonyl (C=O) groups is 1. The Hall–Kier alpha value is -2.18. The molecule has 1 aromatic carbocycles. The molecule has 0 atom stereocenters. The lowest BCUT2D eigenvalue weighted by Gasteiger charge is -2.23. The van der Waals surface area contributed by atoms with E-state index in [0.29, 0.717) is 11.4 Å². The zero-order valence-electron chi connectivity index (χ0n) is 16.2. The summed E-state index contributed by atoms with van der Waals surface area (Å²) in [6.07, 6.45) is 6.04. The topological polar surface area (TPSA) is 61.4 Å². The molecule has 2 heterocycles. The van der Waals surface area contributed by atoms with Gasteiger partial charge in [-0.15, -0.1) is 0 Å². The summed E-state index contributed by atoms with van der Waals surface area (Å²) in [5, 5.41) is 3.35. The van der Waals surface area contributed by atoms with Gasteiger partial charge in [-0.2, -0.15) is 0 Å². The van der Waals surface area contributed by atoms with Crippen molar-refractivity contribution in [1.29, 1.82) is 0 Å². The minimum absolute atomic E-state index is 0.313. The van der Waals surface area contributed by atoms with Crippen LogP contribution in [0.1, 0.15) is 47.8 Å². The lowest BCUT2D eigenvalue weighted by molar-refractivity contribution is 0.100. The molecule has 4 rings (SSSR count). The summed E-state index contributed by atoms with van der Waals surface area (Å²) in [4.78, 5) is 23.8. The number of rotatable bonds is 7. The van der Waals surface area contributed by atoms with E-state index in [-0.39, 0.29) is 5.91 Å². The van der Waals surface area contributed by atoms with Gasteiger partial charge in [-0.05, 0) is 61.4 Å². The molecule has 1 aliphatic carbocycles. The first-order valence-corrected chi connectivity index (χ1v) is 10.4. The highest BCUT2D eigenvalue weighted by Crippen LogP contribution is 2.31. The molecule has 28 heavy (non-hydrogen) atoms. The fourth-order valence-corrected chi connectivity index (χ4v) is 3.82. The third-order valence-electron chi connectivity index (χ3n) is 5.35. The number of amides is 1. The molecule has 0 unspecified atom stereocenters. The molecule has 148 valence electrons. The van der Waals surface area contributed by atoms with Gasteiger partial charge in [0.2, 0.25) is 0 Å². The van der Waals surface area contributed by atoms with Crippen LogP contribution >= 0.6 is 11.8 Å². The number of fused-ring (bicyclic) bond motifs is 1. The molecular weight excluding hydrogens is 374 g/mol. The predicted molar refractivity (Wildman–Crippen MR) is 112 cm³/mol. The number of nitrogens with one attached hydrogen (secondary N) is 1. The first kappa shape index (κ1) is 19.2. The first-order chi connectivity index (χ1) is 13.7. The molecule has 6 nitrogen and oxygen atoms in total. The molecule has 1 aliphatic heterocycles. The third kappa shape index (κ3) is 4.28. The van der Waals surface area contributed by atoms with Gasteiger partial charge in [0.15, 0.2) is 0 Å². The highest BCUT2D eigenvalue weighted by Gasteiger charge is 2.26. The van der Waals surface area contributed by atoms with Gasteiger partial charge in [-0.3, -0.25) is 4.79 Å². The summed E-state index contributed by atoms with van der Waals surface area (Å²) < 4.78 is 1.16. The second-order valence-electron chi connectivity index (χ2n) is 7.62. The van der Waals surface area contributed by atoms with E-state index in [9.17, 15) is 4.79 Å². The maximum atomic E-state index is 12.9. The second kappa shape index (κ2) is 8.45. The van der Waals surface area contributed by atoms with Gasteiger partial charge in [0.05, 0.1) is 5.69 Å². The van der Waals surface area contributed by atoms with Crippen molar-refractivity contribution in [3.05, 3.63) is 47.4 Å². The average Bonchev–Trinajstić information content (AvgIpc) is 3.56. The number of halogens is 1. The van der Waals surface area contributed by atoms with Gasteiger partial charge in [-0.25, -0.2) is 14.4 Å². The summed E-state index contributed by atoms with van der Waals surface area (Å²) >= 11 is 6.41. The van der Waals surface area contributed by atoms with Gasteiger partial charge >= 0.3 is 0 Å². The maximum absolute atomic E-state index is 12.9. The Morgan fingerprint density at radius 1 is 1.25 bits per heavy atom. The van der Waals surface area contributed by atoms with E-state index in [1.807, 2.05) is 12.1 Å². The van der Waals surface area contributed by atoms with Crippen LogP contribution in [-0.2, 0) is 13.0 Å². The molecule has 1 saturated carbocycles. The van der Waals surface area contributed by atoms with Crippen LogP contribution in [0.25, 0.3) is 0 Å². The van der Waals surface area contributed by atoms with E-state index in [2.05, 4.69) is 33.2 Å². The molecule has 7 heteroatoms. The molecule has 0 saturated heterocycles. The van der Waals surface area contributed by atoms with Crippen molar-refractivity contribution in [2.45, 2.75) is 39.2 Å². The SMILES string of the molecule is CCCN(CC1CC1)c1cc(C(=O)N(Cl)c2ccc3c(c2)CNCC3)ncn1. The smallest absolute Gasteiger partial charge is 0.291 e. The number of anilines is 2. The second-order valence-corrected chi connectivity index (χ2v) is 7.95. The number of benzene rings is 1. The van der Waals surface area contributed by atoms with E-state index in [0.717, 1.165) is 55.2 Å². The zero-order chi connectivity index (χ0) is 19.5. The van der Waals surface area contributed by atoms with E-state index in [4.69, 9.17) is 11.8 Å².